The standard InChI is InChI=1S/C27H26N2O8S/c1-32-19-11-15(12-20(33-2)23(19)36-5)25(30)29-18-10-8-7-9-17(18)28-27(29)38-26(31)16-13-21(34-3)24(37-6)22(14-16)35-4/h7-14H,1-6H3. The highest BCUT2D eigenvalue weighted by atomic mass is 32.2. The average molecular weight is 539 g/mol. The van der Waals surface area contributed by atoms with E-state index in [-0.39, 0.29) is 21.4 Å². The van der Waals surface area contributed by atoms with Gasteiger partial charge in [0.2, 0.25) is 16.6 Å². The molecule has 0 aliphatic carbocycles. The summed E-state index contributed by atoms with van der Waals surface area (Å²) in [5, 5.41) is -0.192. The quantitative estimate of drug-likeness (QED) is 0.278. The van der Waals surface area contributed by atoms with E-state index in [0.29, 0.717) is 45.5 Å². The highest BCUT2D eigenvalue weighted by Crippen LogP contribution is 2.41. The Morgan fingerprint density at radius 3 is 1.63 bits per heavy atom. The zero-order valence-corrected chi connectivity index (χ0v) is 22.5. The Balaban J connectivity index is 1.81. The molecule has 0 aliphatic heterocycles. The van der Waals surface area contributed by atoms with Crippen LogP contribution in [0.4, 0.5) is 0 Å². The number of methoxy groups -OCH3 is 6. The lowest BCUT2D eigenvalue weighted by Gasteiger charge is -2.15. The highest BCUT2D eigenvalue weighted by Gasteiger charge is 2.25. The Morgan fingerprint density at radius 2 is 1.16 bits per heavy atom. The van der Waals surface area contributed by atoms with Crippen LogP contribution in [0, 0.1) is 0 Å². The minimum atomic E-state index is -0.432. The van der Waals surface area contributed by atoms with Crippen LogP contribution in [0.1, 0.15) is 20.7 Å². The van der Waals surface area contributed by atoms with Gasteiger partial charge in [0, 0.05) is 11.1 Å². The van der Waals surface area contributed by atoms with Crippen molar-refractivity contribution < 1.29 is 38.0 Å². The molecule has 0 spiro atoms. The van der Waals surface area contributed by atoms with Crippen LogP contribution in [0.2, 0.25) is 0 Å². The van der Waals surface area contributed by atoms with Gasteiger partial charge in [-0.3, -0.25) is 14.2 Å². The van der Waals surface area contributed by atoms with Crippen LogP contribution >= 0.6 is 11.8 Å². The van der Waals surface area contributed by atoms with Gasteiger partial charge in [-0.25, -0.2) is 4.98 Å². The van der Waals surface area contributed by atoms with Crippen molar-refractivity contribution in [2.75, 3.05) is 42.7 Å². The van der Waals surface area contributed by atoms with Crippen molar-refractivity contribution in [3.8, 4) is 34.5 Å². The van der Waals surface area contributed by atoms with Crippen molar-refractivity contribution in [1.82, 2.24) is 9.55 Å². The molecule has 0 N–H and O–H groups in total. The molecule has 10 nitrogen and oxygen atoms in total. The van der Waals surface area contributed by atoms with E-state index < -0.39 is 5.91 Å². The smallest absolute Gasteiger partial charge is 0.264 e. The summed E-state index contributed by atoms with van der Waals surface area (Å²) in [6, 6.07) is 13.3. The van der Waals surface area contributed by atoms with Crippen LogP contribution < -0.4 is 28.4 Å². The number of nitrogens with zero attached hydrogens (tertiary/aromatic N) is 2. The van der Waals surface area contributed by atoms with Crippen LogP contribution in [0.5, 0.6) is 34.5 Å². The molecule has 0 atom stereocenters. The number of hydrogen-bond donors (Lipinski definition) is 0. The van der Waals surface area contributed by atoms with Crippen molar-refractivity contribution in [3.63, 3.8) is 0 Å². The highest BCUT2D eigenvalue weighted by molar-refractivity contribution is 8.14. The number of para-hydroxylation sites is 2. The average Bonchev–Trinajstić information content (AvgIpc) is 3.32. The maximum atomic E-state index is 13.9. The van der Waals surface area contributed by atoms with Gasteiger partial charge in [-0.1, -0.05) is 12.1 Å². The van der Waals surface area contributed by atoms with Gasteiger partial charge in [0.05, 0.1) is 53.7 Å². The molecule has 4 aromatic rings. The van der Waals surface area contributed by atoms with Gasteiger partial charge < -0.3 is 28.4 Å². The molecular weight excluding hydrogens is 512 g/mol. The SMILES string of the molecule is COc1cc(C(=O)Sc2nc3ccccc3n2C(=O)c2cc(OC)c(OC)c(OC)c2)cc(OC)c1OC. The lowest BCUT2D eigenvalue weighted by Crippen LogP contribution is -2.14. The predicted molar refractivity (Wildman–Crippen MR) is 142 cm³/mol. The normalized spacial score (nSPS) is 10.7. The van der Waals surface area contributed by atoms with E-state index >= 15 is 0 Å². The number of ether oxygens (including phenoxy) is 6. The third-order valence-corrected chi connectivity index (χ3v) is 6.61. The molecule has 1 aromatic heterocycles. The first-order valence-corrected chi connectivity index (χ1v) is 12.1. The summed E-state index contributed by atoms with van der Waals surface area (Å²) in [5.41, 5.74) is 1.62. The maximum Gasteiger partial charge on any atom is 0.264 e. The number of imidazole rings is 1. The molecule has 0 amide bonds. The molecule has 0 aliphatic rings. The molecule has 0 saturated heterocycles. The molecule has 198 valence electrons. The van der Waals surface area contributed by atoms with Crippen LogP contribution in [0.15, 0.2) is 53.7 Å². The molecule has 4 rings (SSSR count). The number of aromatic nitrogens is 2. The van der Waals surface area contributed by atoms with E-state index in [2.05, 4.69) is 4.98 Å². The van der Waals surface area contributed by atoms with Crippen LogP contribution in [-0.2, 0) is 0 Å². The number of rotatable bonds is 9. The maximum absolute atomic E-state index is 13.9. The second-order valence-electron chi connectivity index (χ2n) is 7.74. The molecule has 0 saturated carbocycles. The molecular formula is C27H26N2O8S. The summed E-state index contributed by atoms with van der Waals surface area (Å²) < 4.78 is 33.7. The van der Waals surface area contributed by atoms with Gasteiger partial charge in [0.1, 0.15) is 0 Å². The van der Waals surface area contributed by atoms with Gasteiger partial charge in [-0.2, -0.15) is 0 Å². The van der Waals surface area contributed by atoms with E-state index in [1.807, 2.05) is 0 Å². The van der Waals surface area contributed by atoms with E-state index in [0.717, 1.165) is 11.8 Å². The number of carbonyl (C=O) groups excluding carboxylic acids is 2. The Bertz CT molecular complexity index is 1460. The Hall–Kier alpha value is -4.38. The fourth-order valence-corrected chi connectivity index (χ4v) is 4.76. The Morgan fingerprint density at radius 1 is 0.684 bits per heavy atom. The van der Waals surface area contributed by atoms with Crippen molar-refractivity contribution in [1.29, 1.82) is 0 Å². The van der Waals surface area contributed by atoms with Gasteiger partial charge >= 0.3 is 0 Å². The summed E-state index contributed by atoms with van der Waals surface area (Å²) in [7, 11) is 8.83. The van der Waals surface area contributed by atoms with Crippen LogP contribution in [-0.4, -0.2) is 63.2 Å². The van der Waals surface area contributed by atoms with Crippen molar-refractivity contribution in [2.45, 2.75) is 5.16 Å². The van der Waals surface area contributed by atoms with Gasteiger partial charge in [0.15, 0.2) is 28.2 Å². The minimum Gasteiger partial charge on any atom is -0.493 e. The number of fused-ring (bicyclic) bond motifs is 1. The topological polar surface area (TPSA) is 107 Å². The summed E-state index contributed by atoms with van der Waals surface area (Å²) in [4.78, 5) is 31.9. The summed E-state index contributed by atoms with van der Waals surface area (Å²) >= 11 is 0.804. The Kier molecular flexibility index (Phi) is 7.96. The van der Waals surface area contributed by atoms with Crippen molar-refractivity contribution >= 4 is 33.8 Å². The van der Waals surface area contributed by atoms with E-state index in [1.54, 1.807) is 48.5 Å². The fraction of sp³-hybridized carbons (Fsp3) is 0.222. The monoisotopic (exact) mass is 538 g/mol. The van der Waals surface area contributed by atoms with E-state index in [4.69, 9.17) is 28.4 Å². The number of thioether (sulfide) groups is 1. The van der Waals surface area contributed by atoms with E-state index in [9.17, 15) is 9.59 Å². The second kappa shape index (κ2) is 11.3. The predicted octanol–water partition coefficient (Wildman–Crippen LogP) is 4.71. The molecule has 11 heteroatoms. The molecule has 0 fully saturated rings. The van der Waals surface area contributed by atoms with Crippen molar-refractivity contribution in [3.05, 3.63) is 59.7 Å². The molecule has 0 unspecified atom stereocenters. The van der Waals surface area contributed by atoms with Gasteiger partial charge in [-0.15, -0.1) is 0 Å². The Labute approximate surface area is 223 Å². The zero-order chi connectivity index (χ0) is 27.4. The molecule has 0 bridgehead atoms. The number of benzene rings is 3. The first-order chi connectivity index (χ1) is 18.4. The molecule has 1 heterocycles. The summed E-state index contributed by atoms with van der Waals surface area (Å²) in [6.45, 7) is 0. The van der Waals surface area contributed by atoms with Gasteiger partial charge in [-0.05, 0) is 48.2 Å². The fourth-order valence-electron chi connectivity index (χ4n) is 3.94. The molecule has 38 heavy (non-hydrogen) atoms. The molecule has 0 radical (unpaired) electrons. The third kappa shape index (κ3) is 4.80. The minimum absolute atomic E-state index is 0.184. The van der Waals surface area contributed by atoms with E-state index in [1.165, 1.54) is 47.2 Å². The lowest BCUT2D eigenvalue weighted by atomic mass is 10.1. The number of carbonyl (C=O) groups is 2. The summed E-state index contributed by atoms with van der Waals surface area (Å²) in [5.74, 6) is 1.59. The third-order valence-electron chi connectivity index (χ3n) is 5.73. The zero-order valence-electron chi connectivity index (χ0n) is 21.7. The number of hydrogen-bond acceptors (Lipinski definition) is 10. The lowest BCUT2D eigenvalue weighted by molar-refractivity contribution is 0.0954. The molecule has 3 aromatic carbocycles. The summed E-state index contributed by atoms with van der Waals surface area (Å²) in [6.07, 6.45) is 0. The first-order valence-electron chi connectivity index (χ1n) is 11.2. The van der Waals surface area contributed by atoms with Crippen LogP contribution in [0.3, 0.4) is 0 Å². The first kappa shape index (κ1) is 26.7. The van der Waals surface area contributed by atoms with Crippen molar-refractivity contribution in [2.24, 2.45) is 0 Å². The largest absolute Gasteiger partial charge is 0.493 e. The van der Waals surface area contributed by atoms with Crippen LogP contribution in [0.25, 0.3) is 11.0 Å². The van der Waals surface area contributed by atoms with Gasteiger partial charge in [0.25, 0.3) is 5.91 Å². The second-order valence-corrected chi connectivity index (χ2v) is 8.68.